The Morgan fingerprint density at radius 1 is 1.35 bits per heavy atom. The summed E-state index contributed by atoms with van der Waals surface area (Å²) in [5.41, 5.74) is 0.804. The van der Waals surface area contributed by atoms with Crippen LogP contribution in [0.1, 0.15) is 5.56 Å². The van der Waals surface area contributed by atoms with E-state index in [1.807, 2.05) is 6.07 Å². The number of halogens is 1. The van der Waals surface area contributed by atoms with Crippen LogP contribution in [0.5, 0.6) is 11.5 Å². The topological polar surface area (TPSA) is 60.0 Å². The van der Waals surface area contributed by atoms with E-state index in [1.165, 1.54) is 0 Å². The standard InChI is InChI=1S/C16H21ClN2O4/c1-19-2-3-21-12(10-19)9-18-15(20)8-11-6-13(17)16-14(7-11)22-4-5-23-16/h6-7,12H,2-5,8-10H2,1H3,(H,18,20)/t12-/m1/s1. The zero-order valence-electron chi connectivity index (χ0n) is 13.1. The number of amides is 1. The summed E-state index contributed by atoms with van der Waals surface area (Å²) in [6.07, 6.45) is 0.292. The van der Waals surface area contributed by atoms with E-state index in [9.17, 15) is 4.79 Å². The minimum absolute atomic E-state index is 0.0431. The number of rotatable bonds is 4. The molecule has 0 aromatic heterocycles. The molecule has 2 aliphatic rings. The van der Waals surface area contributed by atoms with Crippen molar-refractivity contribution in [2.45, 2.75) is 12.5 Å². The maximum absolute atomic E-state index is 12.1. The summed E-state index contributed by atoms with van der Waals surface area (Å²) < 4.78 is 16.6. The van der Waals surface area contributed by atoms with Crippen molar-refractivity contribution in [1.29, 1.82) is 0 Å². The molecule has 1 atom stereocenters. The number of carbonyl (C=O) groups is 1. The Balaban J connectivity index is 1.54. The zero-order valence-corrected chi connectivity index (χ0v) is 13.9. The van der Waals surface area contributed by atoms with E-state index < -0.39 is 0 Å². The molecule has 7 heteroatoms. The van der Waals surface area contributed by atoms with Crippen molar-refractivity contribution >= 4 is 17.5 Å². The van der Waals surface area contributed by atoms with Crippen LogP contribution in [0.15, 0.2) is 12.1 Å². The maximum Gasteiger partial charge on any atom is 0.224 e. The first-order valence-corrected chi connectivity index (χ1v) is 8.14. The number of hydrogen-bond donors (Lipinski definition) is 1. The molecule has 1 N–H and O–H groups in total. The van der Waals surface area contributed by atoms with Gasteiger partial charge in [0.05, 0.1) is 24.2 Å². The van der Waals surface area contributed by atoms with Gasteiger partial charge in [0, 0.05) is 19.6 Å². The normalized spacial score (nSPS) is 21.0. The van der Waals surface area contributed by atoms with Crippen LogP contribution in [0.2, 0.25) is 5.02 Å². The number of fused-ring (bicyclic) bond motifs is 1. The first kappa shape index (κ1) is 16.4. The Labute approximate surface area is 140 Å². The molecule has 0 aliphatic carbocycles. The number of benzene rings is 1. The quantitative estimate of drug-likeness (QED) is 0.889. The maximum atomic E-state index is 12.1. The molecular formula is C16H21ClN2O4. The molecule has 0 unspecified atom stereocenters. The largest absolute Gasteiger partial charge is 0.486 e. The molecule has 0 saturated carbocycles. The van der Waals surface area contributed by atoms with Gasteiger partial charge in [-0.25, -0.2) is 0 Å². The SMILES string of the molecule is CN1CCO[C@H](CNC(=O)Cc2cc(Cl)c3c(c2)OCCO3)C1. The van der Waals surface area contributed by atoms with E-state index in [-0.39, 0.29) is 18.4 Å². The van der Waals surface area contributed by atoms with Gasteiger partial charge in [0.1, 0.15) is 13.2 Å². The average Bonchev–Trinajstić information content (AvgIpc) is 2.53. The molecule has 1 fully saturated rings. The molecule has 2 aliphatic heterocycles. The summed E-state index contributed by atoms with van der Waals surface area (Å²) >= 11 is 6.18. The lowest BCUT2D eigenvalue weighted by Crippen LogP contribution is -2.46. The third kappa shape index (κ3) is 4.28. The molecule has 6 nitrogen and oxygen atoms in total. The van der Waals surface area contributed by atoms with Crippen molar-refractivity contribution < 1.29 is 19.0 Å². The van der Waals surface area contributed by atoms with E-state index in [0.717, 1.165) is 18.7 Å². The van der Waals surface area contributed by atoms with Crippen molar-refractivity contribution in [3.05, 3.63) is 22.7 Å². The minimum atomic E-state index is -0.0606. The van der Waals surface area contributed by atoms with Crippen molar-refractivity contribution in [3.8, 4) is 11.5 Å². The van der Waals surface area contributed by atoms with E-state index in [1.54, 1.807) is 6.07 Å². The van der Waals surface area contributed by atoms with Crippen LogP contribution in [-0.2, 0) is 16.0 Å². The van der Waals surface area contributed by atoms with Gasteiger partial charge in [-0.15, -0.1) is 0 Å². The molecule has 23 heavy (non-hydrogen) atoms. The summed E-state index contributed by atoms with van der Waals surface area (Å²) in [6, 6.07) is 3.56. The number of nitrogens with zero attached hydrogens (tertiary/aromatic N) is 1. The lowest BCUT2D eigenvalue weighted by molar-refractivity contribution is -0.121. The Kier molecular flexibility index (Phi) is 5.25. The van der Waals surface area contributed by atoms with E-state index >= 15 is 0 Å². The van der Waals surface area contributed by atoms with Gasteiger partial charge < -0.3 is 24.4 Å². The van der Waals surface area contributed by atoms with Crippen LogP contribution < -0.4 is 14.8 Å². The first-order valence-electron chi connectivity index (χ1n) is 7.76. The number of carbonyl (C=O) groups excluding carboxylic acids is 1. The molecule has 0 spiro atoms. The summed E-state index contributed by atoms with van der Waals surface area (Å²) in [5.74, 6) is 1.10. The Morgan fingerprint density at radius 3 is 3.00 bits per heavy atom. The van der Waals surface area contributed by atoms with Crippen molar-refractivity contribution in [1.82, 2.24) is 10.2 Å². The van der Waals surface area contributed by atoms with Crippen LogP contribution in [0.3, 0.4) is 0 Å². The molecule has 0 bridgehead atoms. The predicted molar refractivity (Wildman–Crippen MR) is 86.4 cm³/mol. The highest BCUT2D eigenvalue weighted by molar-refractivity contribution is 6.32. The van der Waals surface area contributed by atoms with Crippen LogP contribution in [0.25, 0.3) is 0 Å². The molecule has 1 aromatic carbocycles. The minimum Gasteiger partial charge on any atom is -0.486 e. The van der Waals surface area contributed by atoms with Gasteiger partial charge in [-0.3, -0.25) is 4.79 Å². The van der Waals surface area contributed by atoms with E-state index in [2.05, 4.69) is 17.3 Å². The summed E-state index contributed by atoms with van der Waals surface area (Å²) in [5, 5.41) is 3.39. The fourth-order valence-electron chi connectivity index (χ4n) is 2.73. The van der Waals surface area contributed by atoms with Crippen LogP contribution >= 0.6 is 11.6 Å². The number of hydrogen-bond acceptors (Lipinski definition) is 5. The monoisotopic (exact) mass is 340 g/mol. The summed E-state index contributed by atoms with van der Waals surface area (Å²) in [6.45, 7) is 3.96. The van der Waals surface area contributed by atoms with Crippen LogP contribution in [0.4, 0.5) is 0 Å². The Bertz CT molecular complexity index is 581. The highest BCUT2D eigenvalue weighted by Crippen LogP contribution is 2.38. The molecule has 0 radical (unpaired) electrons. The molecule has 2 heterocycles. The number of likely N-dealkylation sites (N-methyl/N-ethyl adjacent to an activating group) is 1. The molecule has 1 saturated heterocycles. The fourth-order valence-corrected chi connectivity index (χ4v) is 3.02. The second kappa shape index (κ2) is 7.38. The van der Waals surface area contributed by atoms with Gasteiger partial charge in [0.2, 0.25) is 5.91 Å². The molecular weight excluding hydrogens is 320 g/mol. The average molecular weight is 341 g/mol. The van der Waals surface area contributed by atoms with Crippen LogP contribution in [-0.4, -0.2) is 63.4 Å². The van der Waals surface area contributed by atoms with E-state index in [0.29, 0.717) is 42.9 Å². The zero-order chi connectivity index (χ0) is 16.2. The van der Waals surface area contributed by atoms with Gasteiger partial charge in [-0.1, -0.05) is 11.6 Å². The van der Waals surface area contributed by atoms with Crippen LogP contribution in [0, 0.1) is 0 Å². The number of nitrogens with one attached hydrogen (secondary N) is 1. The van der Waals surface area contributed by atoms with Gasteiger partial charge in [-0.2, -0.15) is 0 Å². The third-order valence-electron chi connectivity index (χ3n) is 3.89. The van der Waals surface area contributed by atoms with Crippen molar-refractivity contribution in [2.75, 3.05) is 46.5 Å². The molecule has 1 aromatic rings. The molecule has 126 valence electrons. The molecule has 1 amide bonds. The first-order chi connectivity index (χ1) is 11.1. The van der Waals surface area contributed by atoms with E-state index in [4.69, 9.17) is 25.8 Å². The van der Waals surface area contributed by atoms with Crippen molar-refractivity contribution in [3.63, 3.8) is 0 Å². The van der Waals surface area contributed by atoms with Crippen molar-refractivity contribution in [2.24, 2.45) is 0 Å². The lowest BCUT2D eigenvalue weighted by Gasteiger charge is -2.30. The second-order valence-electron chi connectivity index (χ2n) is 5.84. The number of morpholine rings is 1. The second-order valence-corrected chi connectivity index (χ2v) is 6.24. The van der Waals surface area contributed by atoms with Gasteiger partial charge in [0.25, 0.3) is 0 Å². The fraction of sp³-hybridized carbons (Fsp3) is 0.562. The summed E-state index contributed by atoms with van der Waals surface area (Å²) in [7, 11) is 2.05. The lowest BCUT2D eigenvalue weighted by atomic mass is 10.1. The summed E-state index contributed by atoms with van der Waals surface area (Å²) in [4.78, 5) is 14.3. The molecule has 3 rings (SSSR count). The smallest absolute Gasteiger partial charge is 0.224 e. The Hall–Kier alpha value is -1.50. The predicted octanol–water partition coefficient (Wildman–Crippen LogP) is 1.10. The van der Waals surface area contributed by atoms with Gasteiger partial charge in [-0.05, 0) is 24.7 Å². The van der Waals surface area contributed by atoms with Gasteiger partial charge in [0.15, 0.2) is 11.5 Å². The highest BCUT2D eigenvalue weighted by Gasteiger charge is 2.20. The number of ether oxygens (including phenoxy) is 3. The Morgan fingerprint density at radius 2 is 2.17 bits per heavy atom. The third-order valence-corrected chi connectivity index (χ3v) is 4.17. The van der Waals surface area contributed by atoms with Gasteiger partial charge >= 0.3 is 0 Å². The highest BCUT2D eigenvalue weighted by atomic mass is 35.5.